The number of hydrogen-bond acceptors (Lipinski definition) is 1. The normalized spacial score (nSPS) is 10.4. The molecular weight excluding hydrogens is 194 g/mol. The minimum absolute atomic E-state index is 1.04. The van der Waals surface area contributed by atoms with Crippen molar-refractivity contribution in [2.45, 2.75) is 26.7 Å². The van der Waals surface area contributed by atoms with E-state index in [-0.39, 0.29) is 0 Å². The highest BCUT2D eigenvalue weighted by Crippen LogP contribution is 2.18. The molecule has 0 aliphatic rings. The molecule has 82 valence electrons. The molecule has 0 aliphatic carbocycles. The smallest absolute Gasteiger partial charge is 0.0702 e. The largest absolute Gasteiger partial charge is 0.256 e. The van der Waals surface area contributed by atoms with Gasteiger partial charge in [0.15, 0.2) is 0 Å². The first-order valence-corrected chi connectivity index (χ1v) is 5.87. The molecule has 1 heterocycles. The van der Waals surface area contributed by atoms with Crippen LogP contribution < -0.4 is 0 Å². The molecule has 0 saturated heterocycles. The van der Waals surface area contributed by atoms with E-state index in [9.17, 15) is 0 Å². The molecule has 1 heteroatoms. The Hall–Kier alpha value is -1.63. The van der Waals surface area contributed by atoms with Crippen LogP contribution in [0.5, 0.6) is 0 Å². The van der Waals surface area contributed by atoms with Crippen LogP contribution in [0.4, 0.5) is 0 Å². The van der Waals surface area contributed by atoms with Gasteiger partial charge in [-0.2, -0.15) is 0 Å². The lowest BCUT2D eigenvalue weighted by Crippen LogP contribution is -1.88. The standard InChI is InChI=1S/C15H17N/c1-3-12-6-5-7-14(10-12)15-9-8-13(4-2)11-16-15/h5-11H,3-4H2,1-2H3. The van der Waals surface area contributed by atoms with Crippen molar-refractivity contribution in [2.24, 2.45) is 0 Å². The fourth-order valence-corrected chi connectivity index (χ4v) is 1.75. The lowest BCUT2D eigenvalue weighted by Gasteiger charge is -2.04. The molecule has 1 aromatic heterocycles. The van der Waals surface area contributed by atoms with E-state index in [0.29, 0.717) is 0 Å². The molecule has 0 saturated carbocycles. The second-order valence-corrected chi connectivity index (χ2v) is 3.96. The third-order valence-electron chi connectivity index (χ3n) is 2.86. The molecule has 1 aromatic carbocycles. The average molecular weight is 211 g/mol. The van der Waals surface area contributed by atoms with E-state index in [1.54, 1.807) is 0 Å². The molecule has 16 heavy (non-hydrogen) atoms. The molecule has 0 spiro atoms. The van der Waals surface area contributed by atoms with Crippen molar-refractivity contribution in [3.05, 3.63) is 53.7 Å². The zero-order valence-corrected chi connectivity index (χ0v) is 9.90. The zero-order chi connectivity index (χ0) is 11.4. The highest BCUT2D eigenvalue weighted by atomic mass is 14.7. The van der Waals surface area contributed by atoms with Crippen molar-refractivity contribution < 1.29 is 0 Å². The van der Waals surface area contributed by atoms with Crippen molar-refractivity contribution in [1.82, 2.24) is 4.98 Å². The summed E-state index contributed by atoms with van der Waals surface area (Å²) in [6.45, 7) is 4.32. The number of aryl methyl sites for hydroxylation is 2. The maximum Gasteiger partial charge on any atom is 0.0702 e. The van der Waals surface area contributed by atoms with Gasteiger partial charge in [0, 0.05) is 11.8 Å². The van der Waals surface area contributed by atoms with Gasteiger partial charge in [0.1, 0.15) is 0 Å². The predicted molar refractivity (Wildman–Crippen MR) is 68.4 cm³/mol. The Labute approximate surface area is 97.2 Å². The van der Waals surface area contributed by atoms with Crippen LogP contribution in [0, 0.1) is 0 Å². The second kappa shape index (κ2) is 4.93. The number of hydrogen-bond donors (Lipinski definition) is 0. The highest BCUT2D eigenvalue weighted by Gasteiger charge is 1.99. The maximum atomic E-state index is 4.50. The van der Waals surface area contributed by atoms with E-state index in [1.165, 1.54) is 16.7 Å². The molecule has 0 amide bonds. The van der Waals surface area contributed by atoms with Crippen LogP contribution in [0.1, 0.15) is 25.0 Å². The number of pyridine rings is 1. The van der Waals surface area contributed by atoms with Crippen LogP contribution in [-0.4, -0.2) is 4.98 Å². The van der Waals surface area contributed by atoms with Gasteiger partial charge >= 0.3 is 0 Å². The van der Waals surface area contributed by atoms with Crippen molar-refractivity contribution in [2.75, 3.05) is 0 Å². The van der Waals surface area contributed by atoms with Crippen LogP contribution in [0.3, 0.4) is 0 Å². The highest BCUT2D eigenvalue weighted by molar-refractivity contribution is 5.60. The number of aromatic nitrogens is 1. The summed E-state index contributed by atoms with van der Waals surface area (Å²) in [4.78, 5) is 4.50. The van der Waals surface area contributed by atoms with Gasteiger partial charge in [-0.3, -0.25) is 4.98 Å². The van der Waals surface area contributed by atoms with E-state index < -0.39 is 0 Å². The Balaban J connectivity index is 2.34. The Morgan fingerprint density at radius 2 is 1.75 bits per heavy atom. The Morgan fingerprint density at radius 3 is 2.38 bits per heavy atom. The van der Waals surface area contributed by atoms with E-state index in [1.807, 2.05) is 6.20 Å². The van der Waals surface area contributed by atoms with Gasteiger partial charge in [-0.1, -0.05) is 38.1 Å². The lowest BCUT2D eigenvalue weighted by molar-refractivity contribution is 1.10. The molecular formula is C15H17N. The fourth-order valence-electron chi connectivity index (χ4n) is 1.75. The van der Waals surface area contributed by atoms with Gasteiger partial charge in [-0.05, 0) is 36.1 Å². The third kappa shape index (κ3) is 2.30. The SMILES string of the molecule is CCc1ccc(-c2cccc(CC)c2)nc1. The van der Waals surface area contributed by atoms with E-state index in [2.05, 4.69) is 55.2 Å². The average Bonchev–Trinajstić information content (AvgIpc) is 2.39. The summed E-state index contributed by atoms with van der Waals surface area (Å²) in [5, 5.41) is 0. The molecule has 0 fully saturated rings. The molecule has 0 bridgehead atoms. The molecule has 0 radical (unpaired) electrons. The zero-order valence-electron chi connectivity index (χ0n) is 9.90. The lowest BCUT2D eigenvalue weighted by atomic mass is 10.1. The van der Waals surface area contributed by atoms with E-state index >= 15 is 0 Å². The van der Waals surface area contributed by atoms with Gasteiger partial charge in [0.2, 0.25) is 0 Å². The quantitative estimate of drug-likeness (QED) is 0.751. The van der Waals surface area contributed by atoms with Gasteiger partial charge < -0.3 is 0 Å². The predicted octanol–water partition coefficient (Wildman–Crippen LogP) is 3.87. The van der Waals surface area contributed by atoms with Crippen molar-refractivity contribution in [3.8, 4) is 11.3 Å². The number of nitrogens with zero attached hydrogens (tertiary/aromatic N) is 1. The molecule has 0 atom stereocenters. The maximum absolute atomic E-state index is 4.50. The second-order valence-electron chi connectivity index (χ2n) is 3.96. The Bertz CT molecular complexity index is 457. The minimum atomic E-state index is 1.04. The monoisotopic (exact) mass is 211 g/mol. The number of rotatable bonds is 3. The number of benzene rings is 1. The Morgan fingerprint density at radius 1 is 0.938 bits per heavy atom. The van der Waals surface area contributed by atoms with Crippen molar-refractivity contribution in [1.29, 1.82) is 0 Å². The summed E-state index contributed by atoms with van der Waals surface area (Å²) in [5.74, 6) is 0. The summed E-state index contributed by atoms with van der Waals surface area (Å²) in [6.07, 6.45) is 4.08. The van der Waals surface area contributed by atoms with E-state index in [0.717, 1.165) is 18.5 Å². The first kappa shape index (κ1) is 10.9. The van der Waals surface area contributed by atoms with Gasteiger partial charge in [-0.25, -0.2) is 0 Å². The Kier molecular flexibility index (Phi) is 3.35. The first-order chi connectivity index (χ1) is 7.83. The van der Waals surface area contributed by atoms with Crippen molar-refractivity contribution >= 4 is 0 Å². The summed E-state index contributed by atoms with van der Waals surface area (Å²) in [7, 11) is 0. The summed E-state index contributed by atoms with van der Waals surface area (Å²) < 4.78 is 0. The van der Waals surface area contributed by atoms with Crippen molar-refractivity contribution in [3.63, 3.8) is 0 Å². The van der Waals surface area contributed by atoms with Gasteiger partial charge in [0.25, 0.3) is 0 Å². The summed E-state index contributed by atoms with van der Waals surface area (Å²) in [5.41, 5.74) is 4.92. The summed E-state index contributed by atoms with van der Waals surface area (Å²) in [6, 6.07) is 12.9. The molecule has 0 unspecified atom stereocenters. The van der Waals surface area contributed by atoms with Crippen LogP contribution >= 0.6 is 0 Å². The van der Waals surface area contributed by atoms with Crippen LogP contribution in [0.25, 0.3) is 11.3 Å². The summed E-state index contributed by atoms with van der Waals surface area (Å²) >= 11 is 0. The van der Waals surface area contributed by atoms with Gasteiger partial charge in [-0.15, -0.1) is 0 Å². The molecule has 0 N–H and O–H groups in total. The van der Waals surface area contributed by atoms with Crippen LogP contribution in [-0.2, 0) is 12.8 Å². The molecule has 1 nitrogen and oxygen atoms in total. The fraction of sp³-hybridized carbons (Fsp3) is 0.267. The minimum Gasteiger partial charge on any atom is -0.256 e. The topological polar surface area (TPSA) is 12.9 Å². The molecule has 2 aromatic rings. The molecule has 0 aliphatic heterocycles. The van der Waals surface area contributed by atoms with Crippen LogP contribution in [0.15, 0.2) is 42.6 Å². The van der Waals surface area contributed by atoms with E-state index in [4.69, 9.17) is 0 Å². The van der Waals surface area contributed by atoms with Crippen LogP contribution in [0.2, 0.25) is 0 Å². The van der Waals surface area contributed by atoms with Gasteiger partial charge in [0.05, 0.1) is 5.69 Å². The molecule has 2 rings (SSSR count). The third-order valence-corrected chi connectivity index (χ3v) is 2.86. The first-order valence-electron chi connectivity index (χ1n) is 5.87.